The van der Waals surface area contributed by atoms with Crippen molar-refractivity contribution in [3.05, 3.63) is 18.2 Å². The van der Waals surface area contributed by atoms with E-state index >= 15 is 0 Å². The number of rotatable bonds is 6. The molecule has 0 saturated carbocycles. The molecule has 2 unspecified atom stereocenters. The second kappa shape index (κ2) is 7.34. The Hall–Kier alpha value is -2.48. The summed E-state index contributed by atoms with van der Waals surface area (Å²) in [5, 5.41) is 22.8. The highest BCUT2D eigenvalue weighted by Crippen LogP contribution is 2.29. The van der Waals surface area contributed by atoms with Gasteiger partial charge in [0.15, 0.2) is 17.5 Å². The van der Waals surface area contributed by atoms with Crippen molar-refractivity contribution in [3.63, 3.8) is 0 Å². The van der Waals surface area contributed by atoms with E-state index in [4.69, 9.17) is 14.6 Å². The van der Waals surface area contributed by atoms with Crippen LogP contribution in [0.1, 0.15) is 6.92 Å². The number of hydrogen-bond acceptors (Lipinski definition) is 5. The quantitative estimate of drug-likeness (QED) is 0.613. The minimum absolute atomic E-state index is 0.389. The second-order valence-corrected chi connectivity index (χ2v) is 4.22. The number of urea groups is 1. The van der Waals surface area contributed by atoms with Crippen molar-refractivity contribution in [1.82, 2.24) is 5.32 Å². The number of carbonyl (C=O) groups is 2. The number of carbonyl (C=O) groups excluding carboxylic acids is 1. The highest BCUT2D eigenvalue weighted by molar-refractivity contribution is 5.92. The first-order chi connectivity index (χ1) is 9.88. The third-order valence-electron chi connectivity index (χ3n) is 2.68. The predicted molar refractivity (Wildman–Crippen MR) is 74.8 cm³/mol. The van der Waals surface area contributed by atoms with Crippen LogP contribution in [0.3, 0.4) is 0 Å². The number of carboxylic acids is 1. The van der Waals surface area contributed by atoms with Gasteiger partial charge in [-0.1, -0.05) is 0 Å². The fourth-order valence-corrected chi connectivity index (χ4v) is 1.61. The zero-order valence-electron chi connectivity index (χ0n) is 11.9. The van der Waals surface area contributed by atoms with Gasteiger partial charge in [0.1, 0.15) is 0 Å². The lowest BCUT2D eigenvalue weighted by molar-refractivity contribution is -0.141. The van der Waals surface area contributed by atoms with Crippen LogP contribution in [0.15, 0.2) is 18.2 Å². The van der Waals surface area contributed by atoms with Crippen LogP contribution < -0.4 is 20.1 Å². The van der Waals surface area contributed by atoms with Crippen molar-refractivity contribution in [2.24, 2.45) is 0 Å². The first kappa shape index (κ1) is 16.6. The number of nitrogens with one attached hydrogen (secondary N) is 2. The third kappa shape index (κ3) is 4.53. The summed E-state index contributed by atoms with van der Waals surface area (Å²) in [6, 6.07) is 2.54. The normalized spacial score (nSPS) is 13.0. The predicted octanol–water partition coefficient (Wildman–Crippen LogP) is 0.659. The minimum Gasteiger partial charge on any atom is -0.493 e. The van der Waals surface area contributed by atoms with Gasteiger partial charge in [-0.3, -0.25) is 0 Å². The number of aliphatic carboxylic acids is 1. The molecule has 0 spiro atoms. The number of methoxy groups -OCH3 is 2. The fourth-order valence-electron chi connectivity index (χ4n) is 1.61. The summed E-state index contributed by atoms with van der Waals surface area (Å²) in [6.07, 6.45) is -1.22. The van der Waals surface area contributed by atoms with Crippen LogP contribution >= 0.6 is 0 Å². The Morgan fingerprint density at radius 3 is 2.29 bits per heavy atom. The average Bonchev–Trinajstić information content (AvgIpc) is 2.43. The van der Waals surface area contributed by atoms with Crippen LogP contribution in [-0.4, -0.2) is 48.6 Å². The maximum absolute atomic E-state index is 11.7. The van der Waals surface area contributed by atoms with Gasteiger partial charge in [0.2, 0.25) is 0 Å². The Morgan fingerprint density at radius 1 is 1.19 bits per heavy atom. The monoisotopic (exact) mass is 298 g/mol. The number of aliphatic hydroxyl groups is 1. The molecule has 8 nitrogen and oxygen atoms in total. The molecule has 116 valence electrons. The van der Waals surface area contributed by atoms with Crippen molar-refractivity contribution < 1.29 is 29.3 Å². The van der Waals surface area contributed by atoms with Gasteiger partial charge in [0, 0.05) is 11.8 Å². The number of carboxylic acid groups (broad SMARTS) is 1. The standard InChI is InChI=1S/C13H18N2O6/c1-7(16)11(12(17)18)15-13(19)14-8-4-5-9(20-2)10(6-8)21-3/h4-7,11,16H,1-3H3,(H,17,18)(H2,14,15,19). The maximum Gasteiger partial charge on any atom is 0.328 e. The molecular weight excluding hydrogens is 280 g/mol. The first-order valence-corrected chi connectivity index (χ1v) is 6.09. The molecule has 2 atom stereocenters. The molecule has 21 heavy (non-hydrogen) atoms. The minimum atomic E-state index is -1.40. The van der Waals surface area contributed by atoms with Gasteiger partial charge in [-0.15, -0.1) is 0 Å². The fraction of sp³-hybridized carbons (Fsp3) is 0.385. The van der Waals surface area contributed by atoms with E-state index in [1.165, 1.54) is 27.2 Å². The summed E-state index contributed by atoms with van der Waals surface area (Å²) in [7, 11) is 2.94. The van der Waals surface area contributed by atoms with E-state index in [0.29, 0.717) is 17.2 Å². The molecule has 0 saturated heterocycles. The number of hydrogen-bond donors (Lipinski definition) is 4. The van der Waals surface area contributed by atoms with Gasteiger partial charge in [-0.2, -0.15) is 0 Å². The lowest BCUT2D eigenvalue weighted by Gasteiger charge is -2.17. The number of amides is 2. The van der Waals surface area contributed by atoms with Crippen LogP contribution in [-0.2, 0) is 4.79 Å². The molecule has 4 N–H and O–H groups in total. The maximum atomic E-state index is 11.7. The highest BCUT2D eigenvalue weighted by Gasteiger charge is 2.25. The molecule has 0 aliphatic rings. The number of anilines is 1. The molecule has 0 heterocycles. The molecule has 1 aromatic rings. The van der Waals surface area contributed by atoms with Gasteiger partial charge in [-0.25, -0.2) is 9.59 Å². The largest absolute Gasteiger partial charge is 0.493 e. The van der Waals surface area contributed by atoms with Crippen molar-refractivity contribution in [2.75, 3.05) is 19.5 Å². The van der Waals surface area contributed by atoms with E-state index in [1.54, 1.807) is 12.1 Å². The lowest BCUT2D eigenvalue weighted by Crippen LogP contribution is -2.49. The van der Waals surface area contributed by atoms with Crippen LogP contribution in [0.5, 0.6) is 11.5 Å². The van der Waals surface area contributed by atoms with Gasteiger partial charge in [-0.05, 0) is 19.1 Å². The Morgan fingerprint density at radius 2 is 1.81 bits per heavy atom. The van der Waals surface area contributed by atoms with Crippen molar-refractivity contribution >= 4 is 17.7 Å². The topological polar surface area (TPSA) is 117 Å². The van der Waals surface area contributed by atoms with Gasteiger partial charge in [0.05, 0.1) is 20.3 Å². The first-order valence-electron chi connectivity index (χ1n) is 6.09. The van der Waals surface area contributed by atoms with E-state index in [9.17, 15) is 14.7 Å². The van der Waals surface area contributed by atoms with Crippen LogP contribution in [0.2, 0.25) is 0 Å². The molecule has 0 fully saturated rings. The van der Waals surface area contributed by atoms with Crippen molar-refractivity contribution in [2.45, 2.75) is 19.1 Å². The summed E-state index contributed by atoms with van der Waals surface area (Å²) in [5.74, 6) is -0.413. The number of aliphatic hydroxyl groups excluding tert-OH is 1. The van der Waals surface area contributed by atoms with Crippen molar-refractivity contribution in [1.29, 1.82) is 0 Å². The van der Waals surface area contributed by atoms with Gasteiger partial charge >= 0.3 is 12.0 Å². The SMILES string of the molecule is COc1ccc(NC(=O)NC(C(=O)O)C(C)O)cc1OC. The van der Waals surface area contributed by atoms with Crippen LogP contribution in [0.4, 0.5) is 10.5 Å². The number of ether oxygens (including phenoxy) is 2. The molecule has 1 rings (SSSR count). The van der Waals surface area contributed by atoms with Crippen LogP contribution in [0.25, 0.3) is 0 Å². The average molecular weight is 298 g/mol. The summed E-state index contributed by atoms with van der Waals surface area (Å²) in [6.45, 7) is 1.27. The Labute approximate surface area is 121 Å². The smallest absolute Gasteiger partial charge is 0.328 e. The molecule has 1 aromatic carbocycles. The highest BCUT2D eigenvalue weighted by atomic mass is 16.5. The van der Waals surface area contributed by atoms with Crippen molar-refractivity contribution in [3.8, 4) is 11.5 Å². The summed E-state index contributed by atoms with van der Waals surface area (Å²) < 4.78 is 10.1. The number of benzene rings is 1. The molecule has 0 radical (unpaired) electrons. The molecule has 2 amide bonds. The summed E-state index contributed by atoms with van der Waals surface area (Å²) in [4.78, 5) is 22.6. The molecule has 0 aliphatic heterocycles. The molecule has 0 aliphatic carbocycles. The summed E-state index contributed by atoms with van der Waals surface area (Å²) in [5.41, 5.74) is 0.389. The van der Waals surface area contributed by atoms with E-state index in [-0.39, 0.29) is 0 Å². The third-order valence-corrected chi connectivity index (χ3v) is 2.68. The van der Waals surface area contributed by atoms with Gasteiger partial charge in [0.25, 0.3) is 0 Å². The molecule has 0 bridgehead atoms. The van der Waals surface area contributed by atoms with E-state index < -0.39 is 24.1 Å². The Kier molecular flexibility index (Phi) is 5.79. The van der Waals surface area contributed by atoms with E-state index in [0.717, 1.165) is 0 Å². The second-order valence-electron chi connectivity index (χ2n) is 4.22. The van der Waals surface area contributed by atoms with Gasteiger partial charge < -0.3 is 30.3 Å². The molecule has 8 heteroatoms. The van der Waals surface area contributed by atoms with E-state index in [1.807, 2.05) is 0 Å². The molecule has 0 aromatic heterocycles. The van der Waals surface area contributed by atoms with E-state index in [2.05, 4.69) is 10.6 Å². The Balaban J connectivity index is 2.77. The lowest BCUT2D eigenvalue weighted by atomic mass is 10.2. The zero-order chi connectivity index (χ0) is 16.0. The zero-order valence-corrected chi connectivity index (χ0v) is 11.9. The summed E-state index contributed by atoms with van der Waals surface area (Å²) >= 11 is 0. The Bertz CT molecular complexity index is 517. The molecular formula is C13H18N2O6. The van der Waals surface area contributed by atoms with Crippen LogP contribution in [0, 0.1) is 0 Å².